The molecule has 116 valence electrons. The quantitative estimate of drug-likeness (QED) is 0.802. The van der Waals surface area contributed by atoms with E-state index in [9.17, 15) is 9.59 Å². The highest BCUT2D eigenvalue weighted by molar-refractivity contribution is 5.92. The average molecular weight is 294 g/mol. The zero-order valence-electron chi connectivity index (χ0n) is 12.3. The zero-order chi connectivity index (χ0) is 15.1. The second-order valence-electron chi connectivity index (χ2n) is 5.19. The van der Waals surface area contributed by atoms with Gasteiger partial charge in [-0.25, -0.2) is 0 Å². The molecule has 0 bridgehead atoms. The zero-order valence-corrected chi connectivity index (χ0v) is 12.3. The summed E-state index contributed by atoms with van der Waals surface area (Å²) < 4.78 is 4.77. The van der Waals surface area contributed by atoms with E-state index in [0.29, 0.717) is 12.2 Å². The van der Waals surface area contributed by atoms with Crippen LogP contribution in [0.25, 0.3) is 0 Å². The number of hydrogen-bond donors (Lipinski definition) is 2. The van der Waals surface area contributed by atoms with Crippen LogP contribution in [0, 0.1) is 0 Å². The Balaban J connectivity index is 1.87. The molecule has 2 rings (SSSR count). The van der Waals surface area contributed by atoms with Crippen LogP contribution in [0.2, 0.25) is 0 Å². The highest BCUT2D eigenvalue weighted by atomic mass is 16.5. The van der Waals surface area contributed by atoms with Gasteiger partial charge in [0.15, 0.2) is 0 Å². The van der Waals surface area contributed by atoms with Crippen molar-refractivity contribution in [1.29, 1.82) is 0 Å². The summed E-state index contributed by atoms with van der Waals surface area (Å²) in [7, 11) is 1.49. The standard InChI is InChI=1S/C14H22N4O3/c1-21-10-13(19)15-7-5-11-4-2-3-9-18(11)14(20)12-6-8-16-17-12/h6,8,11H,2-5,7,9-10H2,1H3,(H,15,19)(H,16,17)/t11-/m1/s1. The van der Waals surface area contributed by atoms with E-state index in [-0.39, 0.29) is 24.5 Å². The Bertz CT molecular complexity index is 461. The number of piperidine rings is 1. The van der Waals surface area contributed by atoms with Gasteiger partial charge in [-0.2, -0.15) is 5.10 Å². The van der Waals surface area contributed by atoms with Crippen LogP contribution in [0.5, 0.6) is 0 Å². The van der Waals surface area contributed by atoms with Gasteiger partial charge in [-0.15, -0.1) is 0 Å². The lowest BCUT2D eigenvalue weighted by atomic mass is 9.99. The van der Waals surface area contributed by atoms with Gasteiger partial charge in [0.2, 0.25) is 5.91 Å². The molecule has 1 aromatic rings. The lowest BCUT2D eigenvalue weighted by Crippen LogP contribution is -2.45. The molecule has 1 saturated heterocycles. The number of nitrogens with one attached hydrogen (secondary N) is 2. The van der Waals surface area contributed by atoms with Crippen LogP contribution in [-0.2, 0) is 9.53 Å². The van der Waals surface area contributed by atoms with Crippen LogP contribution in [0.3, 0.4) is 0 Å². The highest BCUT2D eigenvalue weighted by Crippen LogP contribution is 2.21. The van der Waals surface area contributed by atoms with Crippen LogP contribution in [0.4, 0.5) is 0 Å². The first-order valence-electron chi connectivity index (χ1n) is 7.28. The largest absolute Gasteiger partial charge is 0.375 e. The number of likely N-dealkylation sites (tertiary alicyclic amines) is 1. The van der Waals surface area contributed by atoms with Crippen LogP contribution < -0.4 is 5.32 Å². The molecule has 0 saturated carbocycles. The summed E-state index contributed by atoms with van der Waals surface area (Å²) in [5.74, 6) is -0.139. The van der Waals surface area contributed by atoms with Crippen LogP contribution in [-0.4, -0.2) is 59.8 Å². The predicted octanol–water partition coefficient (Wildman–Crippen LogP) is 0.557. The van der Waals surface area contributed by atoms with E-state index < -0.39 is 0 Å². The van der Waals surface area contributed by atoms with Crippen molar-refractivity contribution in [1.82, 2.24) is 20.4 Å². The lowest BCUT2D eigenvalue weighted by Gasteiger charge is -2.35. The fourth-order valence-electron chi connectivity index (χ4n) is 2.66. The molecule has 1 aliphatic rings. The summed E-state index contributed by atoms with van der Waals surface area (Å²) in [5, 5.41) is 9.35. The van der Waals surface area contributed by atoms with Crippen molar-refractivity contribution in [2.75, 3.05) is 26.8 Å². The minimum Gasteiger partial charge on any atom is -0.375 e. The molecule has 2 amide bonds. The van der Waals surface area contributed by atoms with Crippen molar-refractivity contribution >= 4 is 11.8 Å². The summed E-state index contributed by atoms with van der Waals surface area (Å²) in [6.07, 6.45) is 5.45. The minimum absolute atomic E-state index is 0.0135. The van der Waals surface area contributed by atoms with Crippen molar-refractivity contribution in [3.8, 4) is 0 Å². The van der Waals surface area contributed by atoms with Gasteiger partial charge in [-0.05, 0) is 31.7 Å². The number of H-pyrrole nitrogens is 1. The Kier molecular flexibility index (Phi) is 5.74. The molecule has 1 aliphatic heterocycles. The fraction of sp³-hybridized carbons (Fsp3) is 0.643. The number of aromatic nitrogens is 2. The van der Waals surface area contributed by atoms with Gasteiger partial charge in [-0.3, -0.25) is 14.7 Å². The molecule has 0 spiro atoms. The molecular formula is C14H22N4O3. The summed E-state index contributed by atoms with van der Waals surface area (Å²) in [6.45, 7) is 1.38. The van der Waals surface area contributed by atoms with E-state index in [1.54, 1.807) is 12.3 Å². The van der Waals surface area contributed by atoms with E-state index in [4.69, 9.17) is 4.74 Å². The molecule has 2 N–H and O–H groups in total. The number of carbonyl (C=O) groups excluding carboxylic acids is 2. The number of ether oxygens (including phenoxy) is 1. The van der Waals surface area contributed by atoms with E-state index in [1.807, 2.05) is 4.90 Å². The number of rotatable bonds is 6. The number of nitrogens with zero attached hydrogens (tertiary/aromatic N) is 2. The fourth-order valence-corrected chi connectivity index (χ4v) is 2.66. The molecule has 21 heavy (non-hydrogen) atoms. The van der Waals surface area contributed by atoms with E-state index in [0.717, 1.165) is 32.2 Å². The Labute approximate surface area is 124 Å². The summed E-state index contributed by atoms with van der Waals surface area (Å²) in [6, 6.07) is 1.85. The van der Waals surface area contributed by atoms with Gasteiger partial charge in [0.25, 0.3) is 5.91 Å². The smallest absolute Gasteiger partial charge is 0.272 e. The Hall–Kier alpha value is -1.89. The van der Waals surface area contributed by atoms with E-state index in [2.05, 4.69) is 15.5 Å². The molecule has 0 aromatic carbocycles. The van der Waals surface area contributed by atoms with Crippen molar-refractivity contribution in [2.45, 2.75) is 31.7 Å². The van der Waals surface area contributed by atoms with Gasteiger partial charge >= 0.3 is 0 Å². The van der Waals surface area contributed by atoms with Gasteiger partial charge in [0, 0.05) is 32.4 Å². The van der Waals surface area contributed by atoms with Crippen LogP contribution in [0.1, 0.15) is 36.2 Å². The maximum atomic E-state index is 12.4. The van der Waals surface area contributed by atoms with Gasteiger partial charge in [-0.1, -0.05) is 0 Å². The highest BCUT2D eigenvalue weighted by Gasteiger charge is 2.27. The first kappa shape index (κ1) is 15.5. The number of aromatic amines is 1. The first-order chi connectivity index (χ1) is 10.2. The van der Waals surface area contributed by atoms with E-state index >= 15 is 0 Å². The van der Waals surface area contributed by atoms with Crippen molar-refractivity contribution in [3.05, 3.63) is 18.0 Å². The van der Waals surface area contributed by atoms with Crippen molar-refractivity contribution in [2.24, 2.45) is 0 Å². The number of amides is 2. The topological polar surface area (TPSA) is 87.3 Å². The summed E-state index contributed by atoms with van der Waals surface area (Å²) in [5.41, 5.74) is 0.519. The lowest BCUT2D eigenvalue weighted by molar-refractivity contribution is -0.124. The van der Waals surface area contributed by atoms with Crippen molar-refractivity contribution < 1.29 is 14.3 Å². The number of hydrogen-bond acceptors (Lipinski definition) is 4. The maximum absolute atomic E-state index is 12.4. The molecule has 0 unspecified atom stereocenters. The molecule has 1 fully saturated rings. The third-order valence-corrected chi connectivity index (χ3v) is 3.69. The average Bonchev–Trinajstić information content (AvgIpc) is 3.01. The second kappa shape index (κ2) is 7.78. The summed E-state index contributed by atoms with van der Waals surface area (Å²) in [4.78, 5) is 25.7. The first-order valence-corrected chi connectivity index (χ1v) is 7.28. The van der Waals surface area contributed by atoms with Crippen molar-refractivity contribution in [3.63, 3.8) is 0 Å². The molecule has 2 heterocycles. The normalized spacial score (nSPS) is 18.5. The second-order valence-corrected chi connectivity index (χ2v) is 5.19. The van der Waals surface area contributed by atoms with Crippen LogP contribution in [0.15, 0.2) is 12.3 Å². The maximum Gasteiger partial charge on any atom is 0.272 e. The Morgan fingerprint density at radius 1 is 1.52 bits per heavy atom. The monoisotopic (exact) mass is 294 g/mol. The molecule has 0 aliphatic carbocycles. The van der Waals surface area contributed by atoms with Gasteiger partial charge < -0.3 is 15.0 Å². The predicted molar refractivity (Wildman–Crippen MR) is 76.8 cm³/mol. The van der Waals surface area contributed by atoms with Crippen LogP contribution >= 0.6 is 0 Å². The number of methoxy groups -OCH3 is 1. The Morgan fingerprint density at radius 2 is 2.38 bits per heavy atom. The minimum atomic E-state index is -0.125. The van der Waals surface area contributed by atoms with Gasteiger partial charge in [0.05, 0.1) is 0 Å². The Morgan fingerprint density at radius 3 is 3.10 bits per heavy atom. The third-order valence-electron chi connectivity index (χ3n) is 3.69. The molecule has 7 heteroatoms. The summed E-state index contributed by atoms with van der Waals surface area (Å²) >= 11 is 0. The molecule has 7 nitrogen and oxygen atoms in total. The SMILES string of the molecule is COCC(=O)NCC[C@H]1CCCCN1C(=O)c1ccn[nH]1. The number of carbonyl (C=O) groups is 2. The van der Waals surface area contributed by atoms with E-state index in [1.165, 1.54) is 7.11 Å². The molecule has 0 radical (unpaired) electrons. The molecule has 1 atom stereocenters. The molecule has 1 aromatic heterocycles. The third kappa shape index (κ3) is 4.29. The van der Waals surface area contributed by atoms with Gasteiger partial charge in [0.1, 0.15) is 12.3 Å². The molecular weight excluding hydrogens is 272 g/mol.